The van der Waals surface area contributed by atoms with Gasteiger partial charge < -0.3 is 9.64 Å². The minimum Gasteiger partial charge on any atom is -0.426 e. The molecular formula is C19H18BrNO3. The SMILES string of the molecule is Cc1cccc(C)c1N1C[C@@H](C(=O)Oc2ccc(Br)cc2)CC1=O. The van der Waals surface area contributed by atoms with E-state index < -0.39 is 5.92 Å². The van der Waals surface area contributed by atoms with E-state index in [0.717, 1.165) is 21.3 Å². The van der Waals surface area contributed by atoms with Crippen molar-refractivity contribution in [1.29, 1.82) is 0 Å². The third-order valence-electron chi connectivity index (χ3n) is 4.20. The molecule has 1 saturated heterocycles. The Labute approximate surface area is 149 Å². The van der Waals surface area contributed by atoms with E-state index in [0.29, 0.717) is 12.3 Å². The van der Waals surface area contributed by atoms with Crippen LogP contribution in [0.15, 0.2) is 46.9 Å². The highest BCUT2D eigenvalue weighted by Gasteiger charge is 2.37. The first-order valence-corrected chi connectivity index (χ1v) is 8.59. The number of ether oxygens (including phenoxy) is 1. The standard InChI is InChI=1S/C19H18BrNO3/c1-12-4-3-5-13(2)18(12)21-11-14(10-17(21)22)19(23)24-16-8-6-15(20)7-9-16/h3-9,14H,10-11H2,1-2H3/t14-/m0/s1. The lowest BCUT2D eigenvalue weighted by molar-refractivity contribution is -0.139. The molecule has 0 aromatic heterocycles. The number of rotatable bonds is 3. The molecule has 0 spiro atoms. The third kappa shape index (κ3) is 3.36. The summed E-state index contributed by atoms with van der Waals surface area (Å²) in [6, 6.07) is 13.0. The Morgan fingerprint density at radius 1 is 1.12 bits per heavy atom. The molecule has 1 heterocycles. The molecule has 1 aliphatic heterocycles. The van der Waals surface area contributed by atoms with Crippen molar-refractivity contribution in [1.82, 2.24) is 0 Å². The molecule has 3 rings (SSSR count). The highest BCUT2D eigenvalue weighted by molar-refractivity contribution is 9.10. The van der Waals surface area contributed by atoms with Gasteiger partial charge in [0.15, 0.2) is 0 Å². The van der Waals surface area contributed by atoms with Gasteiger partial charge in [0, 0.05) is 23.1 Å². The second kappa shape index (κ2) is 6.77. The van der Waals surface area contributed by atoms with E-state index in [2.05, 4.69) is 15.9 Å². The number of para-hydroxylation sites is 1. The lowest BCUT2D eigenvalue weighted by atomic mass is 10.1. The number of carbonyl (C=O) groups is 2. The van der Waals surface area contributed by atoms with Crippen LogP contribution in [0.2, 0.25) is 0 Å². The molecule has 1 atom stereocenters. The summed E-state index contributed by atoms with van der Waals surface area (Å²) in [6.45, 7) is 4.31. The van der Waals surface area contributed by atoms with Crippen molar-refractivity contribution in [3.8, 4) is 5.75 Å². The quantitative estimate of drug-likeness (QED) is 0.589. The van der Waals surface area contributed by atoms with Gasteiger partial charge in [-0.2, -0.15) is 0 Å². The Balaban J connectivity index is 1.74. The number of anilines is 1. The summed E-state index contributed by atoms with van der Waals surface area (Å²) >= 11 is 3.34. The number of hydrogen-bond acceptors (Lipinski definition) is 3. The summed E-state index contributed by atoms with van der Waals surface area (Å²) in [7, 11) is 0. The molecule has 1 amide bonds. The van der Waals surface area contributed by atoms with Gasteiger partial charge in [-0.15, -0.1) is 0 Å². The second-order valence-electron chi connectivity index (χ2n) is 6.02. The van der Waals surface area contributed by atoms with Crippen molar-refractivity contribution < 1.29 is 14.3 Å². The van der Waals surface area contributed by atoms with Gasteiger partial charge in [-0.3, -0.25) is 9.59 Å². The van der Waals surface area contributed by atoms with Crippen LogP contribution in [0.3, 0.4) is 0 Å². The van der Waals surface area contributed by atoms with E-state index >= 15 is 0 Å². The van der Waals surface area contributed by atoms with Crippen LogP contribution >= 0.6 is 15.9 Å². The Bertz CT molecular complexity index is 765. The van der Waals surface area contributed by atoms with Crippen LogP contribution in [0.4, 0.5) is 5.69 Å². The van der Waals surface area contributed by atoms with Crippen molar-refractivity contribution in [3.63, 3.8) is 0 Å². The maximum Gasteiger partial charge on any atom is 0.316 e. The zero-order valence-electron chi connectivity index (χ0n) is 13.6. The van der Waals surface area contributed by atoms with Gasteiger partial charge >= 0.3 is 5.97 Å². The fraction of sp³-hybridized carbons (Fsp3) is 0.263. The Kier molecular flexibility index (Phi) is 4.71. The normalized spacial score (nSPS) is 17.2. The first kappa shape index (κ1) is 16.7. The lowest BCUT2D eigenvalue weighted by Crippen LogP contribution is -2.28. The van der Waals surface area contributed by atoms with Crippen LogP contribution in [-0.2, 0) is 9.59 Å². The average molecular weight is 388 g/mol. The molecular weight excluding hydrogens is 370 g/mol. The van der Waals surface area contributed by atoms with Crippen LogP contribution < -0.4 is 9.64 Å². The third-order valence-corrected chi connectivity index (χ3v) is 4.73. The number of carbonyl (C=O) groups excluding carboxylic acids is 2. The van der Waals surface area contributed by atoms with E-state index in [-0.39, 0.29) is 18.3 Å². The first-order chi connectivity index (χ1) is 11.5. The number of benzene rings is 2. The summed E-state index contributed by atoms with van der Waals surface area (Å²) in [6.07, 6.45) is 0.184. The number of hydrogen-bond donors (Lipinski definition) is 0. The smallest absolute Gasteiger partial charge is 0.316 e. The van der Waals surface area contributed by atoms with Crippen molar-refractivity contribution in [2.24, 2.45) is 5.92 Å². The van der Waals surface area contributed by atoms with E-state index in [1.54, 1.807) is 17.0 Å². The largest absolute Gasteiger partial charge is 0.426 e. The molecule has 4 nitrogen and oxygen atoms in total. The fourth-order valence-electron chi connectivity index (χ4n) is 3.02. The molecule has 124 valence electrons. The van der Waals surface area contributed by atoms with Gasteiger partial charge in [-0.25, -0.2) is 0 Å². The van der Waals surface area contributed by atoms with Gasteiger partial charge in [-0.1, -0.05) is 34.1 Å². The zero-order valence-corrected chi connectivity index (χ0v) is 15.2. The number of aryl methyl sites for hydroxylation is 2. The summed E-state index contributed by atoms with van der Waals surface area (Å²) < 4.78 is 6.32. The second-order valence-corrected chi connectivity index (χ2v) is 6.94. The van der Waals surface area contributed by atoms with Gasteiger partial charge in [0.2, 0.25) is 5.91 Å². The zero-order chi connectivity index (χ0) is 17.3. The molecule has 0 aliphatic carbocycles. The molecule has 1 aliphatic rings. The molecule has 0 radical (unpaired) electrons. The molecule has 24 heavy (non-hydrogen) atoms. The van der Waals surface area contributed by atoms with Crippen LogP contribution in [0.25, 0.3) is 0 Å². The van der Waals surface area contributed by atoms with E-state index in [1.807, 2.05) is 44.2 Å². The number of nitrogens with zero attached hydrogens (tertiary/aromatic N) is 1. The van der Waals surface area contributed by atoms with Crippen LogP contribution in [0.5, 0.6) is 5.75 Å². The topological polar surface area (TPSA) is 46.6 Å². The van der Waals surface area contributed by atoms with E-state index in [4.69, 9.17) is 4.74 Å². The average Bonchev–Trinajstić information content (AvgIpc) is 2.91. The maximum atomic E-state index is 12.4. The predicted octanol–water partition coefficient (Wildman–Crippen LogP) is 4.02. The summed E-state index contributed by atoms with van der Waals surface area (Å²) in [5.41, 5.74) is 2.97. The van der Waals surface area contributed by atoms with Crippen molar-refractivity contribution in [3.05, 3.63) is 58.1 Å². The Morgan fingerprint density at radius 3 is 2.38 bits per heavy atom. The lowest BCUT2D eigenvalue weighted by Gasteiger charge is -2.21. The van der Waals surface area contributed by atoms with Gasteiger partial charge in [-0.05, 0) is 49.2 Å². The van der Waals surface area contributed by atoms with Crippen molar-refractivity contribution in [2.75, 3.05) is 11.4 Å². The van der Waals surface area contributed by atoms with Crippen LogP contribution in [-0.4, -0.2) is 18.4 Å². The molecule has 0 unspecified atom stereocenters. The van der Waals surface area contributed by atoms with E-state index in [9.17, 15) is 9.59 Å². The number of esters is 1. The molecule has 0 saturated carbocycles. The first-order valence-electron chi connectivity index (χ1n) is 7.79. The molecule has 0 N–H and O–H groups in total. The van der Waals surface area contributed by atoms with Crippen molar-refractivity contribution in [2.45, 2.75) is 20.3 Å². The molecule has 0 bridgehead atoms. The fourth-order valence-corrected chi connectivity index (χ4v) is 3.28. The Morgan fingerprint density at radius 2 is 1.75 bits per heavy atom. The Hall–Kier alpha value is -2.14. The van der Waals surface area contributed by atoms with Gasteiger partial charge in [0.1, 0.15) is 5.75 Å². The van der Waals surface area contributed by atoms with Gasteiger partial charge in [0.05, 0.1) is 5.92 Å². The summed E-state index contributed by atoms with van der Waals surface area (Å²) in [5.74, 6) is -0.356. The maximum absolute atomic E-state index is 12.4. The van der Waals surface area contributed by atoms with Crippen LogP contribution in [0, 0.1) is 19.8 Å². The highest BCUT2D eigenvalue weighted by atomic mass is 79.9. The minimum atomic E-state index is -0.444. The molecule has 5 heteroatoms. The summed E-state index contributed by atoms with van der Waals surface area (Å²) in [4.78, 5) is 26.5. The highest BCUT2D eigenvalue weighted by Crippen LogP contribution is 2.31. The molecule has 2 aromatic carbocycles. The van der Waals surface area contributed by atoms with Gasteiger partial charge in [0.25, 0.3) is 0 Å². The molecule has 2 aromatic rings. The molecule has 1 fully saturated rings. The minimum absolute atomic E-state index is 0.0369. The number of halogens is 1. The van der Waals surface area contributed by atoms with E-state index in [1.165, 1.54) is 0 Å². The number of amides is 1. The monoisotopic (exact) mass is 387 g/mol. The van der Waals surface area contributed by atoms with Crippen molar-refractivity contribution >= 4 is 33.5 Å². The summed E-state index contributed by atoms with van der Waals surface area (Å²) in [5, 5.41) is 0. The predicted molar refractivity (Wildman–Crippen MR) is 96.2 cm³/mol. The van der Waals surface area contributed by atoms with Crippen LogP contribution in [0.1, 0.15) is 17.5 Å².